The number of aromatic hydroxyl groups is 1. The van der Waals surface area contributed by atoms with E-state index >= 15 is 0 Å². The molecule has 0 fully saturated rings. The standard InChI is InChI=1S/C24H16F4N6O3/c1-11-20(21(24(26,27)28)33-34(11)10-13-3-2-12(9-29)6-19(13)35)32-23(37)16-8-18(22(30)36)31-17-7-14(25)4-5-15(16)17/h2-8,35H,10H2,1H3,(H2,30,36)(H,32,37). The number of pyridine rings is 1. The molecule has 0 bridgehead atoms. The molecule has 0 aliphatic rings. The van der Waals surface area contributed by atoms with Crippen LogP contribution >= 0.6 is 0 Å². The Balaban J connectivity index is 1.78. The molecule has 4 aromatic rings. The first-order valence-corrected chi connectivity index (χ1v) is 10.5. The van der Waals surface area contributed by atoms with E-state index in [-0.39, 0.29) is 51.3 Å². The first-order valence-electron chi connectivity index (χ1n) is 10.5. The number of fused-ring (bicyclic) bond motifs is 1. The smallest absolute Gasteiger partial charge is 0.437 e. The van der Waals surface area contributed by atoms with Crippen LogP contribution in [0, 0.1) is 24.1 Å². The molecule has 2 aromatic carbocycles. The first-order chi connectivity index (χ1) is 17.4. The maximum atomic E-state index is 13.9. The van der Waals surface area contributed by atoms with Crippen LogP contribution in [-0.2, 0) is 12.7 Å². The summed E-state index contributed by atoms with van der Waals surface area (Å²) in [6.07, 6.45) is -4.97. The van der Waals surface area contributed by atoms with Gasteiger partial charge in [0, 0.05) is 17.0 Å². The molecule has 0 radical (unpaired) electrons. The topological polar surface area (TPSA) is 147 Å². The summed E-state index contributed by atoms with van der Waals surface area (Å²) >= 11 is 0. The van der Waals surface area contributed by atoms with Gasteiger partial charge in [0.15, 0.2) is 5.69 Å². The predicted octanol–water partition coefficient (Wildman–Crippen LogP) is 3.87. The van der Waals surface area contributed by atoms with Crippen LogP contribution in [0.1, 0.15) is 43.4 Å². The van der Waals surface area contributed by atoms with Gasteiger partial charge in [-0.15, -0.1) is 0 Å². The fourth-order valence-corrected chi connectivity index (χ4v) is 3.67. The third kappa shape index (κ3) is 4.90. The summed E-state index contributed by atoms with van der Waals surface area (Å²) in [7, 11) is 0. The Morgan fingerprint density at radius 1 is 1.19 bits per heavy atom. The number of nitriles is 1. The molecule has 0 saturated heterocycles. The molecule has 188 valence electrons. The minimum Gasteiger partial charge on any atom is -0.508 e. The van der Waals surface area contributed by atoms with E-state index in [1.165, 1.54) is 25.1 Å². The number of phenols is 1. The van der Waals surface area contributed by atoms with Gasteiger partial charge in [-0.25, -0.2) is 9.37 Å². The SMILES string of the molecule is Cc1c(NC(=O)c2cc(C(N)=O)nc3cc(F)ccc23)c(C(F)(F)F)nn1Cc1ccc(C#N)cc1O. The summed E-state index contributed by atoms with van der Waals surface area (Å²) in [5.41, 5.74) is 2.70. The van der Waals surface area contributed by atoms with Crippen molar-refractivity contribution in [1.82, 2.24) is 14.8 Å². The number of rotatable bonds is 5. The van der Waals surface area contributed by atoms with Gasteiger partial charge < -0.3 is 16.2 Å². The number of halogens is 4. The lowest BCUT2D eigenvalue weighted by Gasteiger charge is -2.12. The van der Waals surface area contributed by atoms with Crippen LogP contribution in [0.5, 0.6) is 5.75 Å². The number of nitrogens with two attached hydrogens (primary N) is 1. The van der Waals surface area contributed by atoms with Crippen LogP contribution in [0.25, 0.3) is 10.9 Å². The number of phenolic OH excluding ortho intramolecular Hbond substituents is 1. The third-order valence-electron chi connectivity index (χ3n) is 5.52. The number of carbonyl (C=O) groups is 2. The number of primary amides is 1. The number of carbonyl (C=O) groups excluding carboxylic acids is 2. The van der Waals surface area contributed by atoms with Crippen LogP contribution in [0.3, 0.4) is 0 Å². The van der Waals surface area contributed by atoms with Crippen molar-refractivity contribution < 1.29 is 32.3 Å². The van der Waals surface area contributed by atoms with Crippen molar-refractivity contribution in [2.45, 2.75) is 19.6 Å². The fraction of sp³-hybridized carbons (Fsp3) is 0.125. The molecule has 2 aromatic heterocycles. The van der Waals surface area contributed by atoms with Crippen LogP contribution in [0.15, 0.2) is 42.5 Å². The van der Waals surface area contributed by atoms with E-state index in [2.05, 4.69) is 15.4 Å². The molecule has 4 N–H and O–H groups in total. The Hall–Kier alpha value is -4.99. The van der Waals surface area contributed by atoms with Gasteiger partial charge >= 0.3 is 6.18 Å². The number of hydrogen-bond acceptors (Lipinski definition) is 6. The summed E-state index contributed by atoms with van der Waals surface area (Å²) < 4.78 is 56.2. The summed E-state index contributed by atoms with van der Waals surface area (Å²) in [6.45, 7) is 0.985. The van der Waals surface area contributed by atoms with E-state index in [4.69, 9.17) is 11.0 Å². The van der Waals surface area contributed by atoms with Gasteiger partial charge in [0.05, 0.1) is 40.6 Å². The van der Waals surface area contributed by atoms with Crippen molar-refractivity contribution in [3.63, 3.8) is 0 Å². The van der Waals surface area contributed by atoms with Gasteiger partial charge in [0.1, 0.15) is 17.3 Å². The van der Waals surface area contributed by atoms with Gasteiger partial charge in [-0.05, 0) is 37.3 Å². The average Bonchev–Trinajstić information content (AvgIpc) is 3.14. The maximum Gasteiger partial charge on any atom is 0.437 e. The average molecular weight is 512 g/mol. The molecule has 0 saturated carbocycles. The zero-order valence-electron chi connectivity index (χ0n) is 18.9. The highest BCUT2D eigenvalue weighted by molar-refractivity contribution is 6.14. The molecule has 0 atom stereocenters. The summed E-state index contributed by atoms with van der Waals surface area (Å²) in [4.78, 5) is 28.7. The number of amides is 2. The molecule has 0 aliphatic heterocycles. The Morgan fingerprint density at radius 3 is 2.54 bits per heavy atom. The number of aromatic nitrogens is 3. The van der Waals surface area contributed by atoms with Crippen molar-refractivity contribution in [3.05, 3.63) is 82.1 Å². The maximum absolute atomic E-state index is 13.9. The van der Waals surface area contributed by atoms with Gasteiger partial charge in [-0.2, -0.15) is 23.5 Å². The minimum absolute atomic E-state index is 0.0741. The molecule has 37 heavy (non-hydrogen) atoms. The number of anilines is 1. The van der Waals surface area contributed by atoms with E-state index in [1.807, 2.05) is 6.07 Å². The lowest BCUT2D eigenvalue weighted by molar-refractivity contribution is -0.140. The van der Waals surface area contributed by atoms with Crippen molar-refractivity contribution in [2.75, 3.05) is 5.32 Å². The van der Waals surface area contributed by atoms with Crippen LogP contribution in [0.2, 0.25) is 0 Å². The second-order valence-corrected chi connectivity index (χ2v) is 7.95. The Kier molecular flexibility index (Phi) is 6.26. The number of hydrogen-bond donors (Lipinski definition) is 3. The Bertz CT molecular complexity index is 1620. The predicted molar refractivity (Wildman–Crippen MR) is 122 cm³/mol. The molecule has 2 heterocycles. The summed E-state index contributed by atoms with van der Waals surface area (Å²) in [5, 5.41) is 24.9. The van der Waals surface area contributed by atoms with Gasteiger partial charge in [-0.1, -0.05) is 6.07 Å². The number of benzene rings is 2. The largest absolute Gasteiger partial charge is 0.508 e. The van der Waals surface area contributed by atoms with E-state index < -0.39 is 35.2 Å². The summed E-state index contributed by atoms with van der Waals surface area (Å²) in [5.74, 6) is -3.10. The van der Waals surface area contributed by atoms with Crippen LogP contribution < -0.4 is 11.1 Å². The second-order valence-electron chi connectivity index (χ2n) is 7.95. The van der Waals surface area contributed by atoms with Crippen LogP contribution in [0.4, 0.5) is 23.2 Å². The Morgan fingerprint density at radius 2 is 1.92 bits per heavy atom. The highest BCUT2D eigenvalue weighted by Gasteiger charge is 2.39. The lowest BCUT2D eigenvalue weighted by atomic mass is 10.1. The van der Waals surface area contributed by atoms with Crippen molar-refractivity contribution in [3.8, 4) is 11.8 Å². The number of alkyl halides is 3. The van der Waals surface area contributed by atoms with E-state index in [0.29, 0.717) is 0 Å². The van der Waals surface area contributed by atoms with Crippen molar-refractivity contribution >= 4 is 28.4 Å². The van der Waals surface area contributed by atoms with Crippen molar-refractivity contribution in [1.29, 1.82) is 5.26 Å². The van der Waals surface area contributed by atoms with Gasteiger partial charge in [0.2, 0.25) is 0 Å². The highest BCUT2D eigenvalue weighted by Crippen LogP contribution is 2.37. The molecule has 13 heteroatoms. The number of nitrogens with one attached hydrogen (secondary N) is 1. The zero-order valence-corrected chi connectivity index (χ0v) is 18.9. The van der Waals surface area contributed by atoms with Crippen LogP contribution in [-0.4, -0.2) is 31.7 Å². The molecule has 9 nitrogen and oxygen atoms in total. The monoisotopic (exact) mass is 512 g/mol. The van der Waals surface area contributed by atoms with Gasteiger partial charge in [0.25, 0.3) is 11.8 Å². The number of nitrogens with zero attached hydrogens (tertiary/aromatic N) is 4. The highest BCUT2D eigenvalue weighted by atomic mass is 19.4. The quantitative estimate of drug-likeness (QED) is 0.346. The second kappa shape index (κ2) is 9.23. The third-order valence-corrected chi connectivity index (χ3v) is 5.52. The minimum atomic E-state index is -4.97. The first kappa shape index (κ1) is 25.1. The Labute approximate surface area is 205 Å². The van der Waals surface area contributed by atoms with E-state index in [1.54, 1.807) is 0 Å². The molecule has 0 spiro atoms. The lowest BCUT2D eigenvalue weighted by Crippen LogP contribution is -2.19. The van der Waals surface area contributed by atoms with Gasteiger partial charge in [-0.3, -0.25) is 14.3 Å². The molecule has 0 unspecified atom stereocenters. The molecule has 4 rings (SSSR count). The van der Waals surface area contributed by atoms with E-state index in [0.717, 1.165) is 28.9 Å². The molecule has 0 aliphatic carbocycles. The van der Waals surface area contributed by atoms with Crippen molar-refractivity contribution in [2.24, 2.45) is 5.73 Å². The fourth-order valence-electron chi connectivity index (χ4n) is 3.67. The molecular formula is C24H16F4N6O3. The molecular weight excluding hydrogens is 496 g/mol. The zero-order chi connectivity index (χ0) is 27.1. The summed E-state index contributed by atoms with van der Waals surface area (Å²) in [6, 6.07) is 9.93. The van der Waals surface area contributed by atoms with E-state index in [9.17, 15) is 32.3 Å². The molecule has 2 amide bonds. The normalized spacial score (nSPS) is 11.4.